The van der Waals surface area contributed by atoms with Gasteiger partial charge in [0.25, 0.3) is 0 Å². The minimum absolute atomic E-state index is 0.639. The molecule has 0 spiro atoms. The summed E-state index contributed by atoms with van der Waals surface area (Å²) in [4.78, 5) is 9.17. The van der Waals surface area contributed by atoms with Gasteiger partial charge in [-0.05, 0) is 0 Å². The van der Waals surface area contributed by atoms with E-state index in [1.54, 1.807) is 0 Å². The molecule has 0 saturated heterocycles. The van der Waals surface area contributed by atoms with Gasteiger partial charge in [-0.3, -0.25) is 0 Å². The first-order valence-corrected chi connectivity index (χ1v) is 1.61. The van der Waals surface area contributed by atoms with E-state index < -0.39 is 0 Å². The quantitative estimate of drug-likeness (QED) is 0.350. The highest BCUT2D eigenvalue weighted by molar-refractivity contribution is 5.48. The van der Waals surface area contributed by atoms with Crippen LogP contribution in [0.4, 0.5) is 0 Å². The maximum Gasteiger partial charge on any atom is 0.119 e. The summed E-state index contributed by atoms with van der Waals surface area (Å²) in [5.41, 5.74) is 0. The molecule has 0 rings (SSSR count). The van der Waals surface area contributed by atoms with Crippen LogP contribution in [0.2, 0.25) is 0 Å². The highest BCUT2D eigenvalue weighted by Gasteiger charge is 1.52. The van der Waals surface area contributed by atoms with E-state index in [1.165, 1.54) is 0 Å². The van der Waals surface area contributed by atoms with Crippen molar-refractivity contribution >= 4 is 6.29 Å². The van der Waals surface area contributed by atoms with E-state index in [-0.39, 0.29) is 0 Å². The van der Waals surface area contributed by atoms with Crippen molar-refractivity contribution in [1.82, 2.24) is 0 Å². The number of aldehydes is 1. The lowest BCUT2D eigenvalue weighted by atomic mass is 10.6. The Bertz CT molecular complexity index is 22.8. The largest absolute Gasteiger partial charge is 0.320 e. The third kappa shape index (κ3) is 69.2. The Hall–Kier alpha value is -0.410. The van der Waals surface area contributed by atoms with E-state index in [1.807, 2.05) is 6.92 Å². The smallest absolute Gasteiger partial charge is 0.119 e. The van der Waals surface area contributed by atoms with Crippen molar-refractivity contribution in [2.45, 2.75) is 13.3 Å². The topological polar surface area (TPSA) is 63.3 Å². The second-order valence-corrected chi connectivity index (χ2v) is 0.575. The number of rotatable bonds is 1. The monoisotopic (exact) mass is 91.1 g/mol. The lowest BCUT2D eigenvalue weighted by Crippen LogP contribution is -1.72. The first-order valence-electron chi connectivity index (χ1n) is 1.61. The van der Waals surface area contributed by atoms with Gasteiger partial charge in [0.05, 0.1) is 0 Å². The Morgan fingerprint density at radius 3 is 2.00 bits per heavy atom. The highest BCUT2D eigenvalue weighted by Crippen LogP contribution is 1.53. The van der Waals surface area contributed by atoms with Crippen LogP contribution in [-0.2, 0) is 4.79 Å². The van der Waals surface area contributed by atoms with Gasteiger partial charge in [-0.15, -0.1) is 0 Å². The SMILES string of the molecule is CCC=O.NO. The molecule has 0 aromatic heterocycles. The molecule has 0 bridgehead atoms. The summed E-state index contributed by atoms with van der Waals surface area (Å²) < 4.78 is 0. The fourth-order valence-corrected chi connectivity index (χ4v) is 0. The molecule has 0 radical (unpaired) electrons. The van der Waals surface area contributed by atoms with Crippen LogP contribution in [0.3, 0.4) is 0 Å². The van der Waals surface area contributed by atoms with Crippen LogP contribution < -0.4 is 5.90 Å². The fourth-order valence-electron chi connectivity index (χ4n) is 0. The molecule has 38 valence electrons. The van der Waals surface area contributed by atoms with Gasteiger partial charge in [-0.25, -0.2) is 5.90 Å². The molecule has 0 fully saturated rings. The molecule has 3 N–H and O–H groups in total. The first-order chi connectivity index (χ1) is 2.91. The Labute approximate surface area is 36.7 Å². The number of nitrogens with two attached hydrogens (primary N) is 1. The zero-order valence-corrected chi connectivity index (χ0v) is 3.72. The van der Waals surface area contributed by atoms with E-state index in [4.69, 9.17) is 5.21 Å². The minimum atomic E-state index is 0.639. The molecule has 0 aromatic carbocycles. The molecule has 0 unspecified atom stereocenters. The maximum atomic E-state index is 9.17. The molecule has 0 aromatic rings. The van der Waals surface area contributed by atoms with E-state index >= 15 is 0 Å². The number of hydrogen-bond donors (Lipinski definition) is 2. The summed E-state index contributed by atoms with van der Waals surface area (Å²) >= 11 is 0. The second-order valence-electron chi connectivity index (χ2n) is 0.575. The van der Waals surface area contributed by atoms with Crippen LogP contribution in [0.15, 0.2) is 0 Å². The summed E-state index contributed by atoms with van der Waals surface area (Å²) in [6.45, 7) is 1.81. The maximum absolute atomic E-state index is 9.17. The van der Waals surface area contributed by atoms with Gasteiger partial charge in [-0.1, -0.05) is 6.92 Å². The van der Waals surface area contributed by atoms with Gasteiger partial charge in [0.15, 0.2) is 0 Å². The van der Waals surface area contributed by atoms with Crippen LogP contribution >= 0.6 is 0 Å². The minimum Gasteiger partial charge on any atom is -0.320 e. The van der Waals surface area contributed by atoms with Crippen molar-refractivity contribution in [3.05, 3.63) is 0 Å². The second kappa shape index (κ2) is 23.4. The summed E-state index contributed by atoms with van der Waals surface area (Å²) in [5.74, 6) is 3.50. The normalized spacial score (nSPS) is 5.17. The van der Waals surface area contributed by atoms with Crippen molar-refractivity contribution in [1.29, 1.82) is 0 Å². The average Bonchev–Trinajstić information content (AvgIpc) is 1.72. The molecular weight excluding hydrogens is 82.0 g/mol. The fraction of sp³-hybridized carbons (Fsp3) is 0.667. The standard InChI is InChI=1S/C3H6O.H3NO/c1-2-3-4;1-2/h3H,2H2,1H3;2H,1H2. The van der Waals surface area contributed by atoms with Crippen molar-refractivity contribution in [2.75, 3.05) is 0 Å². The Morgan fingerprint density at radius 2 is 2.00 bits per heavy atom. The summed E-state index contributed by atoms with van der Waals surface area (Å²) in [6, 6.07) is 0. The Balaban J connectivity index is 0. The number of carbonyl (C=O) groups excluding carboxylic acids is 1. The molecule has 3 heteroatoms. The van der Waals surface area contributed by atoms with Crippen LogP contribution in [0.5, 0.6) is 0 Å². The molecule has 0 heterocycles. The van der Waals surface area contributed by atoms with Crippen molar-refractivity contribution in [3.8, 4) is 0 Å². The summed E-state index contributed by atoms with van der Waals surface area (Å²) in [6.07, 6.45) is 1.51. The van der Waals surface area contributed by atoms with Gasteiger partial charge >= 0.3 is 0 Å². The lowest BCUT2D eigenvalue weighted by Gasteiger charge is -1.51. The third-order valence-electron chi connectivity index (χ3n) is 0.167. The summed E-state index contributed by atoms with van der Waals surface area (Å²) in [7, 11) is 0. The van der Waals surface area contributed by atoms with Crippen molar-refractivity contribution < 1.29 is 10.0 Å². The highest BCUT2D eigenvalue weighted by atomic mass is 16.4. The molecule has 3 nitrogen and oxygen atoms in total. The summed E-state index contributed by atoms with van der Waals surface area (Å²) in [5, 5.41) is 6.50. The zero-order chi connectivity index (χ0) is 5.41. The molecule has 0 aliphatic heterocycles. The number of hydrogen-bond acceptors (Lipinski definition) is 3. The van der Waals surface area contributed by atoms with Crippen LogP contribution in [0.25, 0.3) is 0 Å². The zero-order valence-electron chi connectivity index (χ0n) is 3.72. The average molecular weight is 91.1 g/mol. The predicted molar refractivity (Wildman–Crippen MR) is 22.3 cm³/mol. The Kier molecular flexibility index (Phi) is 35.6. The molecule has 0 aliphatic rings. The van der Waals surface area contributed by atoms with Crippen LogP contribution in [0.1, 0.15) is 13.3 Å². The van der Waals surface area contributed by atoms with Gasteiger partial charge in [0.1, 0.15) is 6.29 Å². The van der Waals surface area contributed by atoms with Gasteiger partial charge in [0, 0.05) is 6.42 Å². The van der Waals surface area contributed by atoms with Crippen molar-refractivity contribution in [2.24, 2.45) is 5.90 Å². The van der Waals surface area contributed by atoms with Gasteiger partial charge in [-0.2, -0.15) is 0 Å². The Morgan fingerprint density at radius 1 is 1.83 bits per heavy atom. The molecule has 0 amide bonds. The molecule has 0 aliphatic carbocycles. The number of carbonyl (C=O) groups is 1. The third-order valence-corrected chi connectivity index (χ3v) is 0.167. The van der Waals surface area contributed by atoms with E-state index in [0.717, 1.165) is 6.29 Å². The predicted octanol–water partition coefficient (Wildman–Crippen LogP) is -0.0704. The molecule has 0 saturated carbocycles. The van der Waals surface area contributed by atoms with E-state index in [2.05, 4.69) is 5.90 Å². The van der Waals surface area contributed by atoms with Crippen LogP contribution in [0, 0.1) is 0 Å². The van der Waals surface area contributed by atoms with Gasteiger partial charge < -0.3 is 10.0 Å². The molecule has 6 heavy (non-hydrogen) atoms. The van der Waals surface area contributed by atoms with E-state index in [9.17, 15) is 4.79 Å². The molecular formula is C3H9NO2. The van der Waals surface area contributed by atoms with Crippen LogP contribution in [-0.4, -0.2) is 11.5 Å². The lowest BCUT2D eigenvalue weighted by molar-refractivity contribution is -0.107. The van der Waals surface area contributed by atoms with Crippen molar-refractivity contribution in [3.63, 3.8) is 0 Å². The van der Waals surface area contributed by atoms with Gasteiger partial charge in [0.2, 0.25) is 0 Å². The first kappa shape index (κ1) is 9.14. The van der Waals surface area contributed by atoms with E-state index in [0.29, 0.717) is 6.42 Å². The molecule has 0 atom stereocenters.